The van der Waals surface area contributed by atoms with Crippen LogP contribution in [0.2, 0.25) is 0 Å². The Labute approximate surface area is 152 Å². The summed E-state index contributed by atoms with van der Waals surface area (Å²) < 4.78 is 64.0. The van der Waals surface area contributed by atoms with Crippen molar-refractivity contribution in [2.24, 2.45) is 5.41 Å². The number of hydrogen-bond acceptors (Lipinski definition) is 3. The molecule has 0 saturated carbocycles. The predicted molar refractivity (Wildman–Crippen MR) is 93.3 cm³/mol. The molecule has 0 aliphatic rings. The number of alkyl halides is 3. The van der Waals surface area contributed by atoms with Crippen molar-refractivity contribution in [3.63, 3.8) is 0 Å². The number of carbonyl (C=O) groups is 1. The van der Waals surface area contributed by atoms with Crippen molar-refractivity contribution in [3.8, 4) is 0 Å². The van der Waals surface area contributed by atoms with Gasteiger partial charge in [0.2, 0.25) is 10.0 Å². The van der Waals surface area contributed by atoms with Crippen LogP contribution in [0.3, 0.4) is 0 Å². The van der Waals surface area contributed by atoms with Crippen molar-refractivity contribution in [2.75, 3.05) is 6.54 Å². The summed E-state index contributed by atoms with van der Waals surface area (Å²) >= 11 is 0. The van der Waals surface area contributed by atoms with Crippen molar-refractivity contribution >= 4 is 15.9 Å². The van der Waals surface area contributed by atoms with Crippen molar-refractivity contribution in [1.29, 1.82) is 0 Å². The summed E-state index contributed by atoms with van der Waals surface area (Å²) in [6.45, 7) is 8.09. The zero-order valence-electron chi connectivity index (χ0n) is 15.5. The normalized spacial score (nSPS) is 13.5. The van der Waals surface area contributed by atoms with Crippen LogP contribution in [0.4, 0.5) is 13.2 Å². The van der Waals surface area contributed by atoms with Crippen molar-refractivity contribution < 1.29 is 26.4 Å². The predicted octanol–water partition coefficient (Wildman–Crippen LogP) is 3.47. The number of halogens is 3. The van der Waals surface area contributed by atoms with E-state index in [9.17, 15) is 26.4 Å². The largest absolute Gasteiger partial charge is 0.405 e. The second-order valence-electron chi connectivity index (χ2n) is 8.05. The summed E-state index contributed by atoms with van der Waals surface area (Å²) in [7, 11) is -3.83. The molecule has 1 aromatic rings. The lowest BCUT2D eigenvalue weighted by molar-refractivity contribution is -0.123. The summed E-state index contributed by atoms with van der Waals surface area (Å²) in [5.41, 5.74) is -0.839. The van der Waals surface area contributed by atoms with E-state index in [1.165, 1.54) is 24.3 Å². The minimum absolute atomic E-state index is 0.0536. The summed E-state index contributed by atoms with van der Waals surface area (Å²) in [6.07, 6.45) is -3.92. The topological polar surface area (TPSA) is 75.3 Å². The van der Waals surface area contributed by atoms with Gasteiger partial charge in [0.1, 0.15) is 6.54 Å². The molecule has 2 N–H and O–H groups in total. The molecule has 0 heterocycles. The lowest BCUT2D eigenvalue weighted by atomic mass is 9.82. The van der Waals surface area contributed by atoms with Gasteiger partial charge < -0.3 is 5.32 Å². The molecule has 0 bridgehead atoms. The Hall–Kier alpha value is -1.61. The van der Waals surface area contributed by atoms with Crippen molar-refractivity contribution in [1.82, 2.24) is 10.0 Å². The minimum atomic E-state index is -4.51. The van der Waals surface area contributed by atoms with Gasteiger partial charge in [-0.05, 0) is 49.9 Å². The molecule has 26 heavy (non-hydrogen) atoms. The van der Waals surface area contributed by atoms with Crippen LogP contribution < -0.4 is 10.0 Å². The molecule has 148 valence electrons. The fourth-order valence-electron chi connectivity index (χ4n) is 2.85. The molecular formula is C17H25F3N2O3S. The first-order valence-electron chi connectivity index (χ1n) is 8.00. The Balaban J connectivity index is 2.88. The highest BCUT2D eigenvalue weighted by Gasteiger charge is 2.31. The molecule has 1 amide bonds. The maximum absolute atomic E-state index is 12.5. The van der Waals surface area contributed by atoms with Crippen molar-refractivity contribution in [2.45, 2.75) is 57.7 Å². The molecule has 5 nitrogen and oxygen atoms in total. The van der Waals surface area contributed by atoms with Gasteiger partial charge in [-0.25, -0.2) is 13.1 Å². The molecule has 0 aromatic heterocycles. The van der Waals surface area contributed by atoms with Gasteiger partial charge in [0.15, 0.2) is 0 Å². The molecule has 0 aliphatic heterocycles. The molecule has 0 radical (unpaired) electrons. The highest BCUT2D eigenvalue weighted by atomic mass is 32.2. The maximum atomic E-state index is 12.5. The van der Waals surface area contributed by atoms with E-state index in [2.05, 4.69) is 4.72 Å². The van der Waals surface area contributed by atoms with Crippen LogP contribution in [0.5, 0.6) is 0 Å². The second-order valence-corrected chi connectivity index (χ2v) is 9.73. The SMILES string of the molecule is CC(C)(C)CC(C)(C)NS(=O)(=O)c1ccc(C(=O)NCC(F)(F)F)cc1. The fraction of sp³-hybridized carbons (Fsp3) is 0.588. The van der Waals surface area contributed by atoms with E-state index in [0.29, 0.717) is 6.42 Å². The maximum Gasteiger partial charge on any atom is 0.405 e. The molecule has 0 spiro atoms. The van der Waals surface area contributed by atoms with Gasteiger partial charge in [-0.1, -0.05) is 20.8 Å². The third-order valence-corrected chi connectivity index (χ3v) is 4.97. The van der Waals surface area contributed by atoms with Gasteiger partial charge in [-0.3, -0.25) is 4.79 Å². The van der Waals surface area contributed by atoms with Gasteiger partial charge in [-0.15, -0.1) is 0 Å². The molecule has 0 atom stereocenters. The number of benzene rings is 1. The second kappa shape index (κ2) is 7.56. The van der Waals surface area contributed by atoms with Crippen LogP contribution in [0, 0.1) is 5.41 Å². The number of sulfonamides is 1. The number of hydrogen-bond donors (Lipinski definition) is 2. The molecule has 1 aromatic carbocycles. The van der Waals surface area contributed by atoms with Gasteiger partial charge >= 0.3 is 6.18 Å². The van der Waals surface area contributed by atoms with Crippen LogP contribution in [0.25, 0.3) is 0 Å². The number of carbonyl (C=O) groups excluding carboxylic acids is 1. The first-order chi connectivity index (χ1) is 11.5. The Morgan fingerprint density at radius 1 is 1.00 bits per heavy atom. The minimum Gasteiger partial charge on any atom is -0.343 e. The van der Waals surface area contributed by atoms with E-state index >= 15 is 0 Å². The Kier molecular flexibility index (Phi) is 6.52. The molecule has 0 saturated heterocycles. The smallest absolute Gasteiger partial charge is 0.343 e. The molecular weight excluding hydrogens is 369 g/mol. The molecule has 1 rings (SSSR count). The van der Waals surface area contributed by atoms with Gasteiger partial charge in [-0.2, -0.15) is 13.2 Å². The van der Waals surface area contributed by atoms with E-state index in [-0.39, 0.29) is 15.9 Å². The third-order valence-electron chi connectivity index (χ3n) is 3.26. The fourth-order valence-corrected chi connectivity index (χ4v) is 4.26. The van der Waals surface area contributed by atoms with Crippen LogP contribution in [-0.2, 0) is 10.0 Å². The van der Waals surface area contributed by atoms with Gasteiger partial charge in [0.05, 0.1) is 4.90 Å². The zero-order valence-corrected chi connectivity index (χ0v) is 16.3. The summed E-state index contributed by atoms with van der Waals surface area (Å²) in [5.74, 6) is -0.924. The highest BCUT2D eigenvalue weighted by molar-refractivity contribution is 7.89. The van der Waals surface area contributed by atoms with E-state index in [0.717, 1.165) is 0 Å². The van der Waals surface area contributed by atoms with Crippen LogP contribution in [0.1, 0.15) is 51.4 Å². The zero-order chi connectivity index (χ0) is 20.4. The molecule has 9 heteroatoms. The molecule has 0 aliphatic carbocycles. The molecule has 0 fully saturated rings. The monoisotopic (exact) mass is 394 g/mol. The quantitative estimate of drug-likeness (QED) is 0.776. The summed E-state index contributed by atoms with van der Waals surface area (Å²) in [4.78, 5) is 11.6. The van der Waals surface area contributed by atoms with Crippen LogP contribution in [-0.4, -0.2) is 32.6 Å². The van der Waals surface area contributed by atoms with E-state index in [4.69, 9.17) is 0 Å². The summed E-state index contributed by atoms with van der Waals surface area (Å²) in [6, 6.07) is 4.74. The molecule has 0 unspecified atom stereocenters. The van der Waals surface area contributed by atoms with Crippen LogP contribution >= 0.6 is 0 Å². The first kappa shape index (κ1) is 22.4. The average Bonchev–Trinajstić information content (AvgIpc) is 2.40. The highest BCUT2D eigenvalue weighted by Crippen LogP contribution is 2.28. The standard InChI is InChI=1S/C17H25F3N2O3S/c1-15(2,3)10-16(4,5)22-26(24,25)13-8-6-12(7-9-13)14(23)21-11-17(18,19)20/h6-9,22H,10-11H2,1-5H3,(H,21,23). The van der Waals surface area contributed by atoms with E-state index in [1.807, 2.05) is 20.8 Å². The number of nitrogens with one attached hydrogen (secondary N) is 2. The lowest BCUT2D eigenvalue weighted by Gasteiger charge is -2.33. The number of amides is 1. The Morgan fingerprint density at radius 2 is 1.50 bits per heavy atom. The first-order valence-corrected chi connectivity index (χ1v) is 9.48. The average molecular weight is 394 g/mol. The number of rotatable bonds is 6. The van der Waals surface area contributed by atoms with E-state index in [1.54, 1.807) is 19.2 Å². The van der Waals surface area contributed by atoms with E-state index < -0.39 is 34.2 Å². The van der Waals surface area contributed by atoms with Gasteiger partial charge in [0, 0.05) is 11.1 Å². The van der Waals surface area contributed by atoms with Gasteiger partial charge in [0.25, 0.3) is 5.91 Å². The van der Waals surface area contributed by atoms with Crippen molar-refractivity contribution in [3.05, 3.63) is 29.8 Å². The third kappa shape index (κ3) is 7.74. The Bertz CT molecular complexity index is 734. The van der Waals surface area contributed by atoms with Crippen LogP contribution in [0.15, 0.2) is 29.2 Å². The Morgan fingerprint density at radius 3 is 1.92 bits per heavy atom. The summed E-state index contributed by atoms with van der Waals surface area (Å²) in [5, 5.41) is 1.73. The lowest BCUT2D eigenvalue weighted by Crippen LogP contribution is -2.45.